The van der Waals surface area contributed by atoms with Gasteiger partial charge in [-0.3, -0.25) is 14.7 Å². The van der Waals surface area contributed by atoms with Crippen LogP contribution in [0.4, 0.5) is 4.39 Å². The van der Waals surface area contributed by atoms with Crippen molar-refractivity contribution in [1.29, 1.82) is 0 Å². The smallest absolute Gasteiger partial charge is 0.286 e. The SMILES string of the molecule is CC1(c2ccc(Cl)cc2F)Oc2cccc(C3CCN(Cc4nc5cc(-c6nnc(C(N)=O)[nH]6)ncc5n4CC4CCO4)CC3)c2O1. The molecular weight excluding hydrogens is 627 g/mol. The Kier molecular flexibility index (Phi) is 7.34. The zero-order valence-corrected chi connectivity index (χ0v) is 26.3. The first-order valence-electron chi connectivity index (χ1n) is 15.6. The van der Waals surface area contributed by atoms with Gasteiger partial charge in [0, 0.05) is 24.1 Å². The predicted molar refractivity (Wildman–Crippen MR) is 169 cm³/mol. The second-order valence-electron chi connectivity index (χ2n) is 12.4. The highest BCUT2D eigenvalue weighted by atomic mass is 35.5. The van der Waals surface area contributed by atoms with Crippen molar-refractivity contribution in [2.24, 2.45) is 5.73 Å². The van der Waals surface area contributed by atoms with Crippen molar-refractivity contribution < 1.29 is 23.4 Å². The fraction of sp³-hybridized carbons (Fsp3) is 0.364. The van der Waals surface area contributed by atoms with E-state index in [0.717, 1.165) is 61.4 Å². The van der Waals surface area contributed by atoms with Gasteiger partial charge in [-0.05, 0) is 68.6 Å². The third-order valence-corrected chi connectivity index (χ3v) is 9.51. The van der Waals surface area contributed by atoms with Crippen molar-refractivity contribution in [3.8, 4) is 23.0 Å². The molecule has 12 nitrogen and oxygen atoms in total. The standard InChI is InChI=1S/C33H32ClFN8O4/c1-33(22-6-5-19(34)13-23(22)35)46-27-4-2-3-21(29(27)47-33)18-7-10-42(11-8-18)17-28-38-24-14-25(31-39-32(30(36)44)41-40-31)37-15-26(24)43(28)16-20-9-12-45-20/h2-6,13-15,18,20H,7-12,16-17H2,1H3,(H2,36,44)(H,39,40,41). The Hall–Kier alpha value is -4.59. The number of imidazole rings is 1. The third kappa shape index (κ3) is 5.47. The minimum absolute atomic E-state index is 0.0253. The lowest BCUT2D eigenvalue weighted by Gasteiger charge is -2.33. The van der Waals surface area contributed by atoms with E-state index in [9.17, 15) is 9.18 Å². The molecule has 2 unspecified atom stereocenters. The van der Waals surface area contributed by atoms with E-state index < -0.39 is 17.5 Å². The number of carbonyl (C=O) groups excluding carboxylic acids is 1. The van der Waals surface area contributed by atoms with Crippen LogP contribution < -0.4 is 15.2 Å². The molecule has 2 saturated heterocycles. The number of H-pyrrole nitrogens is 1. The van der Waals surface area contributed by atoms with Crippen LogP contribution in [0.3, 0.4) is 0 Å². The van der Waals surface area contributed by atoms with E-state index in [1.165, 1.54) is 6.07 Å². The maximum atomic E-state index is 14.9. The molecule has 0 saturated carbocycles. The zero-order chi connectivity index (χ0) is 32.3. The van der Waals surface area contributed by atoms with Gasteiger partial charge in [-0.2, -0.15) is 0 Å². The Morgan fingerprint density at radius 3 is 2.70 bits per heavy atom. The second-order valence-corrected chi connectivity index (χ2v) is 12.8. The molecule has 47 heavy (non-hydrogen) atoms. The lowest BCUT2D eigenvalue weighted by atomic mass is 9.88. The molecule has 2 fully saturated rings. The number of hydrogen-bond donors (Lipinski definition) is 2. The maximum absolute atomic E-state index is 14.9. The van der Waals surface area contributed by atoms with Crippen molar-refractivity contribution in [1.82, 2.24) is 34.6 Å². The van der Waals surface area contributed by atoms with Crippen molar-refractivity contribution >= 4 is 28.5 Å². The van der Waals surface area contributed by atoms with Gasteiger partial charge >= 0.3 is 0 Å². The number of nitrogens with zero attached hydrogens (tertiary/aromatic N) is 6. The molecule has 5 aromatic rings. The van der Waals surface area contributed by atoms with Crippen molar-refractivity contribution in [3.05, 3.63) is 82.3 Å². The highest BCUT2D eigenvalue weighted by Gasteiger charge is 2.43. The average molecular weight is 659 g/mol. The van der Waals surface area contributed by atoms with E-state index in [2.05, 4.69) is 35.7 Å². The quantitative estimate of drug-likeness (QED) is 0.237. The number of fused-ring (bicyclic) bond motifs is 2. The summed E-state index contributed by atoms with van der Waals surface area (Å²) < 4.78 is 35.4. The van der Waals surface area contributed by atoms with Gasteiger partial charge in [0.05, 0.1) is 42.0 Å². The molecule has 3 aromatic heterocycles. The molecule has 8 rings (SSSR count). The largest absolute Gasteiger partial charge is 0.444 e. The van der Waals surface area contributed by atoms with Gasteiger partial charge in [-0.1, -0.05) is 23.7 Å². The van der Waals surface area contributed by atoms with Crippen LogP contribution in [0.5, 0.6) is 11.5 Å². The maximum Gasteiger partial charge on any atom is 0.286 e. The van der Waals surface area contributed by atoms with Crippen LogP contribution in [-0.2, 0) is 23.6 Å². The molecule has 14 heteroatoms. The van der Waals surface area contributed by atoms with E-state index >= 15 is 0 Å². The third-order valence-electron chi connectivity index (χ3n) is 9.28. The van der Waals surface area contributed by atoms with E-state index in [1.54, 1.807) is 25.3 Å². The van der Waals surface area contributed by atoms with Gasteiger partial charge in [0.15, 0.2) is 17.3 Å². The molecule has 0 radical (unpaired) electrons. The Balaban J connectivity index is 0.999. The van der Waals surface area contributed by atoms with Gasteiger partial charge in [-0.15, -0.1) is 10.2 Å². The van der Waals surface area contributed by atoms with Crippen LogP contribution in [0.1, 0.15) is 59.7 Å². The molecule has 242 valence electrons. The van der Waals surface area contributed by atoms with Crippen LogP contribution in [0, 0.1) is 5.82 Å². The number of nitrogens with one attached hydrogen (secondary N) is 1. The molecule has 0 aliphatic carbocycles. The fourth-order valence-corrected chi connectivity index (χ4v) is 6.85. The molecule has 0 bridgehead atoms. The van der Waals surface area contributed by atoms with E-state index in [0.29, 0.717) is 46.7 Å². The molecule has 2 aromatic carbocycles. The summed E-state index contributed by atoms with van der Waals surface area (Å²) in [6, 6.07) is 12.3. The Morgan fingerprint density at radius 2 is 1.98 bits per heavy atom. The van der Waals surface area contributed by atoms with Crippen LogP contribution in [0.2, 0.25) is 5.02 Å². The highest BCUT2D eigenvalue weighted by Crippen LogP contribution is 2.50. The van der Waals surface area contributed by atoms with Gasteiger partial charge in [-0.25, -0.2) is 9.37 Å². The lowest BCUT2D eigenvalue weighted by Crippen LogP contribution is -2.35. The number of ether oxygens (including phenoxy) is 3. The van der Waals surface area contributed by atoms with Crippen molar-refractivity contribution in [3.63, 3.8) is 0 Å². The van der Waals surface area contributed by atoms with Gasteiger partial charge in [0.2, 0.25) is 5.82 Å². The number of rotatable bonds is 8. The van der Waals surface area contributed by atoms with E-state index in [4.69, 9.17) is 36.5 Å². The second kappa shape index (κ2) is 11.6. The normalized spacial score (nSPS) is 21.3. The number of likely N-dealkylation sites (tertiary alicyclic amines) is 1. The molecule has 1 amide bonds. The lowest BCUT2D eigenvalue weighted by molar-refractivity contribution is -0.0712. The van der Waals surface area contributed by atoms with E-state index in [-0.39, 0.29) is 17.8 Å². The molecule has 0 spiro atoms. The first-order chi connectivity index (χ1) is 22.7. The van der Waals surface area contributed by atoms with Crippen LogP contribution in [0.25, 0.3) is 22.6 Å². The van der Waals surface area contributed by atoms with Gasteiger partial charge in [0.1, 0.15) is 17.3 Å². The predicted octanol–water partition coefficient (Wildman–Crippen LogP) is 4.92. The number of piperidine rings is 1. The fourth-order valence-electron chi connectivity index (χ4n) is 6.69. The number of aromatic amines is 1. The monoisotopic (exact) mass is 658 g/mol. The van der Waals surface area contributed by atoms with Crippen LogP contribution in [0.15, 0.2) is 48.7 Å². The minimum Gasteiger partial charge on any atom is -0.444 e. The average Bonchev–Trinajstić information content (AvgIpc) is 3.74. The number of benzene rings is 2. The highest BCUT2D eigenvalue weighted by molar-refractivity contribution is 6.30. The summed E-state index contributed by atoms with van der Waals surface area (Å²) in [6.07, 6.45) is 4.74. The summed E-state index contributed by atoms with van der Waals surface area (Å²) in [5, 5.41) is 8.14. The number of aromatic nitrogens is 6. The summed E-state index contributed by atoms with van der Waals surface area (Å²) in [6.45, 7) is 5.57. The number of halogens is 2. The molecule has 2 atom stereocenters. The van der Waals surface area contributed by atoms with Gasteiger partial charge < -0.3 is 29.5 Å². The molecule has 6 heterocycles. The number of para-hydroxylation sites is 1. The Bertz CT molecular complexity index is 2000. The zero-order valence-electron chi connectivity index (χ0n) is 25.6. The summed E-state index contributed by atoms with van der Waals surface area (Å²) in [4.78, 5) is 26.3. The van der Waals surface area contributed by atoms with Crippen molar-refractivity contribution in [2.75, 3.05) is 19.7 Å². The summed E-state index contributed by atoms with van der Waals surface area (Å²) in [5.41, 5.74) is 8.89. The van der Waals surface area contributed by atoms with E-state index in [1.807, 2.05) is 18.2 Å². The van der Waals surface area contributed by atoms with Crippen LogP contribution in [-0.4, -0.2) is 66.3 Å². The van der Waals surface area contributed by atoms with Crippen molar-refractivity contribution in [2.45, 2.75) is 57.1 Å². The number of nitrogens with two attached hydrogens (primary N) is 1. The number of pyridine rings is 1. The first-order valence-corrected chi connectivity index (χ1v) is 16.0. The molecular formula is C33H32ClFN8O4. The number of carbonyl (C=O) groups is 1. The number of hydrogen-bond acceptors (Lipinski definition) is 9. The molecule has 3 aliphatic rings. The topological polar surface area (TPSA) is 146 Å². The number of primary amides is 1. The molecule has 3 aliphatic heterocycles. The number of amides is 1. The summed E-state index contributed by atoms with van der Waals surface area (Å²) in [7, 11) is 0. The Labute approximate surface area is 274 Å². The molecule has 3 N–H and O–H groups in total. The Morgan fingerprint density at radius 1 is 1.15 bits per heavy atom. The van der Waals surface area contributed by atoms with Gasteiger partial charge in [0.25, 0.3) is 11.7 Å². The summed E-state index contributed by atoms with van der Waals surface area (Å²) >= 11 is 5.99. The minimum atomic E-state index is -1.29. The first kappa shape index (κ1) is 29.8. The van der Waals surface area contributed by atoms with Crippen LogP contribution >= 0.6 is 11.6 Å². The summed E-state index contributed by atoms with van der Waals surface area (Å²) in [5.74, 6) is 0.336.